The molecule has 0 saturated carbocycles. The molecule has 0 aliphatic carbocycles. The lowest BCUT2D eigenvalue weighted by atomic mass is 10.3. The van der Waals surface area contributed by atoms with Crippen molar-refractivity contribution in [2.75, 3.05) is 25.1 Å². The maximum Gasteiger partial charge on any atom is 0.161 e. The summed E-state index contributed by atoms with van der Waals surface area (Å²) >= 11 is 0. The molecule has 2 aromatic rings. The van der Waals surface area contributed by atoms with Gasteiger partial charge in [0.15, 0.2) is 11.5 Å². The Labute approximate surface area is 118 Å². The highest BCUT2D eigenvalue weighted by Gasteiger charge is 2.03. The molecule has 0 bridgehead atoms. The molecule has 106 valence electrons. The van der Waals surface area contributed by atoms with Gasteiger partial charge in [-0.15, -0.1) is 0 Å². The second kappa shape index (κ2) is 7.38. The lowest BCUT2D eigenvalue weighted by Gasteiger charge is -2.12. The van der Waals surface area contributed by atoms with E-state index in [1.165, 1.54) is 6.07 Å². The van der Waals surface area contributed by atoms with Gasteiger partial charge in [0.1, 0.15) is 12.4 Å². The van der Waals surface area contributed by atoms with Crippen LogP contribution in [0.4, 0.5) is 10.1 Å². The van der Waals surface area contributed by atoms with Gasteiger partial charge in [-0.1, -0.05) is 24.3 Å². The average Bonchev–Trinajstić information content (AvgIpc) is 2.47. The summed E-state index contributed by atoms with van der Waals surface area (Å²) in [4.78, 5) is 0. The Morgan fingerprint density at radius 2 is 1.60 bits per heavy atom. The van der Waals surface area contributed by atoms with Crippen molar-refractivity contribution in [1.29, 1.82) is 0 Å². The minimum absolute atomic E-state index is 0.262. The van der Waals surface area contributed by atoms with Crippen molar-refractivity contribution in [1.82, 2.24) is 0 Å². The number of anilines is 1. The molecule has 0 atom stereocenters. The summed E-state index contributed by atoms with van der Waals surface area (Å²) in [5, 5.41) is 2.99. The normalized spacial score (nSPS) is 10.1. The molecule has 0 unspecified atom stereocenters. The first-order chi connectivity index (χ1) is 9.81. The third-order valence-electron chi connectivity index (χ3n) is 2.70. The number of hydrogen-bond donors (Lipinski definition) is 1. The van der Waals surface area contributed by atoms with E-state index < -0.39 is 0 Å². The predicted molar refractivity (Wildman–Crippen MR) is 78.0 cm³/mol. The van der Waals surface area contributed by atoms with E-state index in [1.54, 1.807) is 18.2 Å². The van der Waals surface area contributed by atoms with Crippen molar-refractivity contribution >= 4 is 5.69 Å². The zero-order valence-corrected chi connectivity index (χ0v) is 11.4. The van der Waals surface area contributed by atoms with Crippen LogP contribution in [0.2, 0.25) is 0 Å². The summed E-state index contributed by atoms with van der Waals surface area (Å²) < 4.78 is 24.5. The SMILES string of the molecule is CCOc1ccccc1OCCNc1ccccc1F. The fraction of sp³-hybridized carbons (Fsp3) is 0.250. The summed E-state index contributed by atoms with van der Waals surface area (Å²) in [7, 11) is 0. The molecule has 0 aliphatic heterocycles. The standard InChI is InChI=1S/C16H18FNO2/c1-2-19-15-9-5-6-10-16(15)20-12-11-18-14-8-4-3-7-13(14)17/h3-10,18H,2,11-12H2,1H3. The molecule has 2 aromatic carbocycles. The molecule has 0 aliphatic rings. The van der Waals surface area contributed by atoms with Crippen LogP contribution >= 0.6 is 0 Å². The second-order valence-corrected chi connectivity index (χ2v) is 4.13. The summed E-state index contributed by atoms with van der Waals surface area (Å²) in [6, 6.07) is 14.1. The Morgan fingerprint density at radius 3 is 2.30 bits per heavy atom. The highest BCUT2D eigenvalue weighted by atomic mass is 19.1. The average molecular weight is 275 g/mol. The van der Waals surface area contributed by atoms with Crippen molar-refractivity contribution in [3.8, 4) is 11.5 Å². The van der Waals surface area contributed by atoms with Crippen LogP contribution in [0, 0.1) is 5.82 Å². The van der Waals surface area contributed by atoms with E-state index in [4.69, 9.17) is 9.47 Å². The Kier molecular flexibility index (Phi) is 5.24. The predicted octanol–water partition coefficient (Wildman–Crippen LogP) is 3.72. The van der Waals surface area contributed by atoms with Crippen LogP contribution in [0.5, 0.6) is 11.5 Å². The minimum Gasteiger partial charge on any atom is -0.490 e. The first kappa shape index (κ1) is 14.2. The van der Waals surface area contributed by atoms with Gasteiger partial charge in [-0.3, -0.25) is 0 Å². The lowest BCUT2D eigenvalue weighted by molar-refractivity contribution is 0.284. The summed E-state index contributed by atoms with van der Waals surface area (Å²) in [5.41, 5.74) is 0.481. The van der Waals surface area contributed by atoms with E-state index in [-0.39, 0.29) is 5.82 Å². The van der Waals surface area contributed by atoms with E-state index in [0.717, 1.165) is 5.75 Å². The lowest BCUT2D eigenvalue weighted by Crippen LogP contribution is -2.12. The van der Waals surface area contributed by atoms with E-state index >= 15 is 0 Å². The molecule has 4 heteroatoms. The van der Waals surface area contributed by atoms with Gasteiger partial charge in [-0.2, -0.15) is 0 Å². The molecular formula is C16H18FNO2. The van der Waals surface area contributed by atoms with Crippen LogP contribution in [-0.2, 0) is 0 Å². The van der Waals surface area contributed by atoms with Crippen molar-refractivity contribution in [3.05, 3.63) is 54.3 Å². The third kappa shape index (κ3) is 3.88. The van der Waals surface area contributed by atoms with E-state index in [1.807, 2.05) is 31.2 Å². The molecule has 0 radical (unpaired) electrons. The van der Waals surface area contributed by atoms with Crippen molar-refractivity contribution in [2.45, 2.75) is 6.92 Å². The number of nitrogens with one attached hydrogen (secondary N) is 1. The molecular weight excluding hydrogens is 257 g/mol. The molecule has 0 spiro atoms. The number of rotatable bonds is 7. The molecule has 3 nitrogen and oxygen atoms in total. The fourth-order valence-electron chi connectivity index (χ4n) is 1.80. The zero-order chi connectivity index (χ0) is 14.2. The van der Waals surface area contributed by atoms with E-state index in [2.05, 4.69) is 5.32 Å². The van der Waals surface area contributed by atoms with Gasteiger partial charge in [-0.25, -0.2) is 4.39 Å². The van der Waals surface area contributed by atoms with Crippen LogP contribution in [0.25, 0.3) is 0 Å². The second-order valence-electron chi connectivity index (χ2n) is 4.13. The smallest absolute Gasteiger partial charge is 0.161 e. The van der Waals surface area contributed by atoms with E-state index in [9.17, 15) is 4.39 Å². The number of hydrogen-bond acceptors (Lipinski definition) is 3. The van der Waals surface area contributed by atoms with Gasteiger partial charge in [0.25, 0.3) is 0 Å². The van der Waals surface area contributed by atoms with Gasteiger partial charge in [0, 0.05) is 6.54 Å². The van der Waals surface area contributed by atoms with Crippen LogP contribution in [0.1, 0.15) is 6.92 Å². The van der Waals surface area contributed by atoms with Crippen LogP contribution < -0.4 is 14.8 Å². The van der Waals surface area contributed by atoms with Crippen LogP contribution in [-0.4, -0.2) is 19.8 Å². The molecule has 0 saturated heterocycles. The van der Waals surface area contributed by atoms with Crippen molar-refractivity contribution in [3.63, 3.8) is 0 Å². The Bertz CT molecular complexity index is 546. The Hall–Kier alpha value is -2.23. The molecule has 0 fully saturated rings. The van der Waals surface area contributed by atoms with Crippen LogP contribution in [0.3, 0.4) is 0 Å². The summed E-state index contributed by atoms with van der Waals surface area (Å²) in [6.45, 7) is 3.46. The molecule has 0 aromatic heterocycles. The molecule has 20 heavy (non-hydrogen) atoms. The van der Waals surface area contributed by atoms with Crippen LogP contribution in [0.15, 0.2) is 48.5 Å². The van der Waals surface area contributed by atoms with Gasteiger partial charge >= 0.3 is 0 Å². The van der Waals surface area contributed by atoms with Gasteiger partial charge in [0.2, 0.25) is 0 Å². The number of ether oxygens (including phenoxy) is 2. The molecule has 1 N–H and O–H groups in total. The topological polar surface area (TPSA) is 30.5 Å². The monoisotopic (exact) mass is 275 g/mol. The van der Waals surface area contributed by atoms with Gasteiger partial charge in [-0.05, 0) is 31.2 Å². The number of halogens is 1. The quantitative estimate of drug-likeness (QED) is 0.781. The maximum absolute atomic E-state index is 13.4. The first-order valence-electron chi connectivity index (χ1n) is 6.64. The highest BCUT2D eigenvalue weighted by molar-refractivity contribution is 5.44. The van der Waals surface area contributed by atoms with Crippen molar-refractivity contribution in [2.24, 2.45) is 0 Å². The third-order valence-corrected chi connectivity index (χ3v) is 2.70. The van der Waals surface area contributed by atoms with Gasteiger partial charge in [0.05, 0.1) is 12.3 Å². The maximum atomic E-state index is 13.4. The first-order valence-corrected chi connectivity index (χ1v) is 6.64. The van der Waals surface area contributed by atoms with Gasteiger partial charge < -0.3 is 14.8 Å². The molecule has 0 heterocycles. The highest BCUT2D eigenvalue weighted by Crippen LogP contribution is 2.26. The Morgan fingerprint density at radius 1 is 0.950 bits per heavy atom. The summed E-state index contributed by atoms with van der Waals surface area (Å²) in [5.74, 6) is 1.16. The zero-order valence-electron chi connectivity index (χ0n) is 11.4. The van der Waals surface area contributed by atoms with Crippen molar-refractivity contribution < 1.29 is 13.9 Å². The minimum atomic E-state index is -0.262. The number of para-hydroxylation sites is 3. The molecule has 0 amide bonds. The van der Waals surface area contributed by atoms with E-state index in [0.29, 0.717) is 31.2 Å². The fourth-order valence-corrected chi connectivity index (χ4v) is 1.80. The molecule has 2 rings (SSSR count). The largest absolute Gasteiger partial charge is 0.490 e. The Balaban J connectivity index is 1.83. The summed E-state index contributed by atoms with van der Waals surface area (Å²) in [6.07, 6.45) is 0. The number of benzene rings is 2.